The fraction of sp³-hybridized carbons (Fsp3) is 0.536. The van der Waals surface area contributed by atoms with E-state index >= 15 is 0 Å². The molecule has 2 fully saturated rings. The first-order valence-electron chi connectivity index (χ1n) is 13.2. The van der Waals surface area contributed by atoms with Crippen LogP contribution in [0.25, 0.3) is 0 Å². The Bertz CT molecular complexity index is 1160. The molecular formula is C28H38N2O8S. The zero-order chi connectivity index (χ0) is 28.0. The SMILES string of the molecule is COc1ccc(S(=O)(=O)N(CC(C)C)C[C@@H](O)[C@H](Cc2ccccc2)NC(=O)O[C@@H]2C[C@@H]3OCO[C@@H]3C2)cc1. The average molecular weight is 563 g/mol. The highest BCUT2D eigenvalue weighted by Crippen LogP contribution is 2.31. The fourth-order valence-corrected chi connectivity index (χ4v) is 6.60. The van der Waals surface area contributed by atoms with Crippen LogP contribution in [0.15, 0.2) is 59.5 Å². The molecule has 214 valence electrons. The van der Waals surface area contributed by atoms with E-state index in [1.54, 1.807) is 12.1 Å². The smallest absolute Gasteiger partial charge is 0.407 e. The van der Waals surface area contributed by atoms with E-state index in [-0.39, 0.29) is 55.4 Å². The molecule has 1 amide bonds. The van der Waals surface area contributed by atoms with Crippen molar-refractivity contribution < 1.29 is 37.3 Å². The molecule has 4 rings (SSSR count). The molecule has 2 aromatic rings. The lowest BCUT2D eigenvalue weighted by Crippen LogP contribution is -2.51. The van der Waals surface area contributed by atoms with Crippen LogP contribution >= 0.6 is 0 Å². The highest BCUT2D eigenvalue weighted by Gasteiger charge is 2.42. The van der Waals surface area contributed by atoms with Crippen LogP contribution in [0.4, 0.5) is 4.79 Å². The highest BCUT2D eigenvalue weighted by molar-refractivity contribution is 7.89. The highest BCUT2D eigenvalue weighted by atomic mass is 32.2. The Morgan fingerprint density at radius 1 is 1.05 bits per heavy atom. The van der Waals surface area contributed by atoms with E-state index in [2.05, 4.69) is 5.32 Å². The Morgan fingerprint density at radius 2 is 1.69 bits per heavy atom. The minimum absolute atomic E-state index is 0.00183. The number of aliphatic hydroxyl groups is 1. The Hall–Kier alpha value is -2.70. The summed E-state index contributed by atoms with van der Waals surface area (Å²) in [6, 6.07) is 14.7. The fourth-order valence-electron chi connectivity index (χ4n) is 4.98. The molecule has 1 aliphatic heterocycles. The van der Waals surface area contributed by atoms with Crippen LogP contribution in [0, 0.1) is 5.92 Å². The van der Waals surface area contributed by atoms with Crippen molar-refractivity contribution in [3.05, 3.63) is 60.2 Å². The minimum Gasteiger partial charge on any atom is -0.497 e. The molecule has 0 aromatic heterocycles. The molecule has 10 nitrogen and oxygen atoms in total. The summed E-state index contributed by atoms with van der Waals surface area (Å²) < 4.78 is 50.2. The standard InChI is InChI=1S/C28H38N2O8S/c1-19(2)16-30(39(33,34)23-11-9-21(35-3)10-12-23)17-25(31)24(13-20-7-5-4-6-8-20)29-28(32)38-22-14-26-27(15-22)37-18-36-26/h4-12,19,22,24-27,31H,13-18H2,1-3H3,(H,29,32)/t22-,24-,25+,26+,27-/m0/s1. The van der Waals surface area contributed by atoms with Gasteiger partial charge in [0.1, 0.15) is 18.6 Å². The second kappa shape index (κ2) is 13.1. The molecule has 39 heavy (non-hydrogen) atoms. The van der Waals surface area contributed by atoms with Crippen LogP contribution in [0.3, 0.4) is 0 Å². The maximum atomic E-state index is 13.6. The van der Waals surface area contributed by atoms with Crippen molar-refractivity contribution in [2.75, 3.05) is 27.0 Å². The lowest BCUT2D eigenvalue weighted by molar-refractivity contribution is 0.00201. The van der Waals surface area contributed by atoms with Gasteiger partial charge in [-0.1, -0.05) is 44.2 Å². The second-order valence-corrected chi connectivity index (χ2v) is 12.4. The van der Waals surface area contributed by atoms with E-state index in [9.17, 15) is 18.3 Å². The first kappa shape index (κ1) is 29.3. The summed E-state index contributed by atoms with van der Waals surface area (Å²) in [6.07, 6.45) is -1.02. The number of nitrogens with one attached hydrogen (secondary N) is 1. The number of aliphatic hydroxyl groups excluding tert-OH is 1. The van der Waals surface area contributed by atoms with E-state index in [1.807, 2.05) is 44.2 Å². The number of carbonyl (C=O) groups is 1. The third-order valence-corrected chi connectivity index (χ3v) is 8.81. The van der Waals surface area contributed by atoms with Gasteiger partial charge < -0.3 is 29.4 Å². The number of methoxy groups -OCH3 is 1. The Kier molecular flexibility index (Phi) is 9.84. The molecule has 2 aliphatic rings. The Morgan fingerprint density at radius 3 is 2.28 bits per heavy atom. The van der Waals surface area contributed by atoms with Crippen LogP contribution in [0.1, 0.15) is 32.3 Å². The largest absolute Gasteiger partial charge is 0.497 e. The average Bonchev–Trinajstić information content (AvgIpc) is 3.50. The zero-order valence-electron chi connectivity index (χ0n) is 22.6. The van der Waals surface area contributed by atoms with Gasteiger partial charge in [0.25, 0.3) is 0 Å². The molecule has 1 saturated carbocycles. The summed E-state index contributed by atoms with van der Waals surface area (Å²) >= 11 is 0. The van der Waals surface area contributed by atoms with E-state index in [4.69, 9.17) is 18.9 Å². The van der Waals surface area contributed by atoms with Crippen molar-refractivity contribution >= 4 is 16.1 Å². The molecule has 1 saturated heterocycles. The van der Waals surface area contributed by atoms with Crippen molar-refractivity contribution in [3.63, 3.8) is 0 Å². The molecule has 0 bridgehead atoms. The number of sulfonamides is 1. The molecule has 0 radical (unpaired) electrons. The predicted molar refractivity (Wildman–Crippen MR) is 144 cm³/mol. The number of benzene rings is 2. The second-order valence-electron chi connectivity index (χ2n) is 10.4. The number of alkyl carbamates (subject to hydrolysis) is 1. The number of fused-ring (bicyclic) bond motifs is 1. The first-order valence-corrected chi connectivity index (χ1v) is 14.7. The van der Waals surface area contributed by atoms with Crippen molar-refractivity contribution in [1.82, 2.24) is 9.62 Å². The van der Waals surface area contributed by atoms with Crippen molar-refractivity contribution in [2.45, 2.75) is 68.5 Å². The summed E-state index contributed by atoms with van der Waals surface area (Å²) in [7, 11) is -2.42. The number of amides is 1. The maximum absolute atomic E-state index is 13.6. The number of carbonyl (C=O) groups excluding carboxylic acids is 1. The van der Waals surface area contributed by atoms with E-state index < -0.39 is 28.3 Å². The topological polar surface area (TPSA) is 124 Å². The van der Waals surface area contributed by atoms with Gasteiger partial charge in [-0.3, -0.25) is 0 Å². The number of hydrogen-bond acceptors (Lipinski definition) is 8. The molecular weight excluding hydrogens is 524 g/mol. The van der Waals surface area contributed by atoms with Crippen LogP contribution in [0.2, 0.25) is 0 Å². The van der Waals surface area contributed by atoms with Gasteiger partial charge in [0.15, 0.2) is 0 Å². The Balaban J connectivity index is 1.49. The van der Waals surface area contributed by atoms with Gasteiger partial charge in [0.2, 0.25) is 10.0 Å². The predicted octanol–water partition coefficient (Wildman–Crippen LogP) is 2.94. The van der Waals surface area contributed by atoms with Crippen LogP contribution in [0.5, 0.6) is 5.75 Å². The zero-order valence-corrected chi connectivity index (χ0v) is 23.4. The van der Waals surface area contributed by atoms with Crippen LogP contribution in [-0.2, 0) is 30.7 Å². The van der Waals surface area contributed by atoms with Gasteiger partial charge in [-0.2, -0.15) is 4.31 Å². The van der Waals surface area contributed by atoms with Crippen LogP contribution in [-0.4, -0.2) is 81.4 Å². The third kappa shape index (κ3) is 7.70. The van der Waals surface area contributed by atoms with E-state index in [0.29, 0.717) is 18.6 Å². The minimum atomic E-state index is -3.93. The van der Waals surface area contributed by atoms with Crippen molar-refractivity contribution in [1.29, 1.82) is 0 Å². The maximum Gasteiger partial charge on any atom is 0.407 e. The molecule has 11 heteroatoms. The molecule has 2 N–H and O–H groups in total. The molecule has 5 atom stereocenters. The molecule has 2 aromatic carbocycles. The van der Waals surface area contributed by atoms with E-state index in [0.717, 1.165) is 5.56 Å². The number of hydrogen-bond donors (Lipinski definition) is 2. The van der Waals surface area contributed by atoms with Gasteiger partial charge in [-0.15, -0.1) is 0 Å². The third-order valence-electron chi connectivity index (χ3n) is 6.97. The summed E-state index contributed by atoms with van der Waals surface area (Å²) in [4.78, 5) is 13.0. The monoisotopic (exact) mass is 562 g/mol. The van der Waals surface area contributed by atoms with Gasteiger partial charge >= 0.3 is 6.09 Å². The molecule has 0 spiro atoms. The molecule has 1 heterocycles. The molecule has 1 aliphatic carbocycles. The Labute approximate surface area is 230 Å². The summed E-state index contributed by atoms with van der Waals surface area (Å²) in [5.41, 5.74) is 0.882. The number of rotatable bonds is 12. The van der Waals surface area contributed by atoms with Crippen molar-refractivity contribution in [3.8, 4) is 5.75 Å². The number of nitrogens with zero attached hydrogens (tertiary/aromatic N) is 1. The lowest BCUT2D eigenvalue weighted by Gasteiger charge is -2.31. The van der Waals surface area contributed by atoms with Gasteiger partial charge in [-0.05, 0) is 42.2 Å². The van der Waals surface area contributed by atoms with Gasteiger partial charge in [-0.25, -0.2) is 13.2 Å². The summed E-state index contributed by atoms with van der Waals surface area (Å²) in [5, 5.41) is 14.1. The van der Waals surface area contributed by atoms with Gasteiger partial charge in [0.05, 0.1) is 36.4 Å². The quantitative estimate of drug-likeness (QED) is 0.405. The lowest BCUT2D eigenvalue weighted by atomic mass is 10.0. The first-order chi connectivity index (χ1) is 18.7. The van der Waals surface area contributed by atoms with E-state index in [1.165, 1.54) is 23.5 Å². The van der Waals surface area contributed by atoms with Crippen molar-refractivity contribution in [2.24, 2.45) is 5.92 Å². The summed E-state index contributed by atoms with van der Waals surface area (Å²) in [5.74, 6) is 0.543. The van der Waals surface area contributed by atoms with Crippen LogP contribution < -0.4 is 10.1 Å². The molecule has 0 unspecified atom stereocenters. The normalized spacial score (nSPS) is 22.5. The van der Waals surface area contributed by atoms with Gasteiger partial charge in [0, 0.05) is 25.9 Å². The summed E-state index contributed by atoms with van der Waals surface area (Å²) in [6.45, 7) is 4.05. The number of ether oxygens (including phenoxy) is 4.